The van der Waals surface area contributed by atoms with Gasteiger partial charge in [-0.2, -0.15) is 0 Å². The zero-order valence-electron chi connectivity index (χ0n) is 15.5. The second-order valence-electron chi connectivity index (χ2n) is 6.32. The summed E-state index contributed by atoms with van der Waals surface area (Å²) in [6.07, 6.45) is 1.23. The number of carboxylic acid groups (broad SMARTS) is 1. The minimum Gasteiger partial charge on any atom is -0.477 e. The summed E-state index contributed by atoms with van der Waals surface area (Å²) in [6.45, 7) is 3.47. The Kier molecular flexibility index (Phi) is 5.79. The van der Waals surface area contributed by atoms with Gasteiger partial charge in [0.1, 0.15) is 11.4 Å². The summed E-state index contributed by atoms with van der Waals surface area (Å²) in [5.74, 6) is -2.25. The Bertz CT molecular complexity index is 1100. The van der Waals surface area contributed by atoms with Crippen molar-refractivity contribution in [1.82, 2.24) is 4.98 Å². The summed E-state index contributed by atoms with van der Waals surface area (Å²) in [5, 5.41) is 11.9. The third-order valence-corrected chi connectivity index (χ3v) is 4.46. The lowest BCUT2D eigenvalue weighted by molar-refractivity contribution is 0.0690. The zero-order chi connectivity index (χ0) is 21.1. The largest absolute Gasteiger partial charge is 0.477 e. The molecule has 3 rings (SSSR count). The quantitative estimate of drug-likeness (QED) is 0.596. The highest BCUT2D eigenvalue weighted by Gasteiger charge is 2.18. The van der Waals surface area contributed by atoms with Crippen molar-refractivity contribution in [3.8, 4) is 11.5 Å². The molecular formula is C21H16ClFN2O4. The number of carbonyl (C=O) groups is 2. The summed E-state index contributed by atoms with van der Waals surface area (Å²) in [5.41, 5.74) is 1.64. The van der Waals surface area contributed by atoms with Gasteiger partial charge >= 0.3 is 5.97 Å². The predicted molar refractivity (Wildman–Crippen MR) is 107 cm³/mol. The molecule has 8 heteroatoms. The van der Waals surface area contributed by atoms with Crippen LogP contribution in [0, 0.1) is 19.7 Å². The maximum absolute atomic E-state index is 14.2. The number of aryl methyl sites for hydroxylation is 2. The molecule has 148 valence electrons. The molecule has 1 aromatic heterocycles. The molecule has 0 radical (unpaired) electrons. The van der Waals surface area contributed by atoms with E-state index >= 15 is 0 Å². The third-order valence-electron chi connectivity index (χ3n) is 4.05. The van der Waals surface area contributed by atoms with Crippen LogP contribution in [0.1, 0.15) is 32.0 Å². The van der Waals surface area contributed by atoms with Crippen LogP contribution in [0.5, 0.6) is 11.5 Å². The summed E-state index contributed by atoms with van der Waals surface area (Å²) >= 11 is 6.16. The molecular weight excluding hydrogens is 399 g/mol. The number of pyridine rings is 1. The molecule has 3 aromatic rings. The molecule has 0 aliphatic carbocycles. The summed E-state index contributed by atoms with van der Waals surface area (Å²) in [7, 11) is 0. The number of carbonyl (C=O) groups excluding carboxylic acids is 1. The van der Waals surface area contributed by atoms with Crippen LogP contribution in [-0.4, -0.2) is 22.0 Å². The molecule has 0 spiro atoms. The average molecular weight is 415 g/mol. The fourth-order valence-corrected chi connectivity index (χ4v) is 2.68. The number of halogens is 2. The van der Waals surface area contributed by atoms with Gasteiger partial charge < -0.3 is 15.2 Å². The second-order valence-corrected chi connectivity index (χ2v) is 6.73. The Balaban J connectivity index is 1.92. The van der Waals surface area contributed by atoms with Gasteiger partial charge in [-0.25, -0.2) is 14.2 Å². The van der Waals surface area contributed by atoms with Gasteiger partial charge in [-0.1, -0.05) is 17.7 Å². The van der Waals surface area contributed by atoms with E-state index < -0.39 is 17.7 Å². The molecule has 6 nitrogen and oxygen atoms in total. The van der Waals surface area contributed by atoms with Gasteiger partial charge in [0, 0.05) is 11.1 Å². The van der Waals surface area contributed by atoms with Crippen LogP contribution in [0.3, 0.4) is 0 Å². The van der Waals surface area contributed by atoms with Crippen molar-refractivity contribution in [2.24, 2.45) is 0 Å². The van der Waals surface area contributed by atoms with Crippen molar-refractivity contribution < 1.29 is 23.8 Å². The van der Waals surface area contributed by atoms with E-state index in [0.29, 0.717) is 16.3 Å². The van der Waals surface area contributed by atoms with Crippen molar-refractivity contribution in [2.75, 3.05) is 5.32 Å². The Hall–Kier alpha value is -3.45. The number of nitrogens with one attached hydrogen (secondary N) is 1. The molecule has 0 fully saturated rings. The number of amides is 1. The van der Waals surface area contributed by atoms with Gasteiger partial charge in [0.15, 0.2) is 11.6 Å². The number of aromatic carboxylic acids is 1. The van der Waals surface area contributed by atoms with Crippen LogP contribution < -0.4 is 10.1 Å². The van der Waals surface area contributed by atoms with Gasteiger partial charge in [-0.05, 0) is 55.3 Å². The monoisotopic (exact) mass is 414 g/mol. The number of rotatable bonds is 5. The standard InChI is InChI=1S/C21H16ClFN2O4/c1-11-3-6-18(16(23)7-11)29-19-9-15(22)12(2)8-14(19)20(26)25-13-4-5-17(21(27)28)24-10-13/h3-10H,1-2H3,(H,25,26)(H,27,28). The van der Waals surface area contributed by atoms with Crippen LogP contribution in [0.4, 0.5) is 10.1 Å². The number of benzene rings is 2. The number of aromatic nitrogens is 1. The summed E-state index contributed by atoms with van der Waals surface area (Å²) in [4.78, 5) is 27.4. The number of carboxylic acids is 1. The molecule has 1 heterocycles. The van der Waals surface area contributed by atoms with Gasteiger partial charge in [0.05, 0.1) is 17.4 Å². The SMILES string of the molecule is Cc1ccc(Oc2cc(Cl)c(C)cc2C(=O)Nc2ccc(C(=O)O)nc2)c(F)c1. The summed E-state index contributed by atoms with van der Waals surface area (Å²) in [6, 6.07) is 10.1. The van der Waals surface area contributed by atoms with Crippen LogP contribution in [0.2, 0.25) is 5.02 Å². The number of ether oxygens (including phenoxy) is 1. The molecule has 0 saturated heterocycles. The number of hydrogen-bond acceptors (Lipinski definition) is 4. The Morgan fingerprint density at radius 2 is 1.86 bits per heavy atom. The average Bonchev–Trinajstić information content (AvgIpc) is 2.67. The molecule has 2 aromatic carbocycles. The zero-order valence-corrected chi connectivity index (χ0v) is 16.2. The van der Waals surface area contributed by atoms with E-state index in [9.17, 15) is 14.0 Å². The molecule has 29 heavy (non-hydrogen) atoms. The van der Waals surface area contributed by atoms with E-state index in [2.05, 4.69) is 10.3 Å². The molecule has 0 saturated carbocycles. The Morgan fingerprint density at radius 1 is 1.10 bits per heavy atom. The van der Waals surface area contributed by atoms with Gasteiger partial charge in [-0.15, -0.1) is 0 Å². The minimum absolute atomic E-state index is 0.0444. The first kappa shape index (κ1) is 20.3. The van der Waals surface area contributed by atoms with Gasteiger partial charge in [0.25, 0.3) is 5.91 Å². The molecule has 2 N–H and O–H groups in total. The van der Waals surface area contributed by atoms with Gasteiger partial charge in [0.2, 0.25) is 0 Å². The fraction of sp³-hybridized carbons (Fsp3) is 0.0952. The highest BCUT2D eigenvalue weighted by molar-refractivity contribution is 6.31. The van der Waals surface area contributed by atoms with Crippen LogP contribution in [0.25, 0.3) is 0 Å². The van der Waals surface area contributed by atoms with E-state index in [0.717, 1.165) is 5.56 Å². The van der Waals surface area contributed by atoms with Crippen LogP contribution >= 0.6 is 11.6 Å². The van der Waals surface area contributed by atoms with E-state index in [1.165, 1.54) is 42.6 Å². The van der Waals surface area contributed by atoms with Crippen molar-refractivity contribution in [2.45, 2.75) is 13.8 Å². The third kappa shape index (κ3) is 4.70. The fourth-order valence-electron chi connectivity index (χ4n) is 2.52. The second kappa shape index (κ2) is 8.28. The first-order valence-electron chi connectivity index (χ1n) is 8.49. The first-order valence-corrected chi connectivity index (χ1v) is 8.87. The molecule has 0 atom stereocenters. The lowest BCUT2D eigenvalue weighted by Gasteiger charge is -2.14. The Morgan fingerprint density at radius 3 is 2.48 bits per heavy atom. The minimum atomic E-state index is -1.17. The van der Waals surface area contributed by atoms with Gasteiger partial charge in [-0.3, -0.25) is 4.79 Å². The number of hydrogen-bond donors (Lipinski definition) is 2. The van der Waals surface area contributed by atoms with E-state index in [-0.39, 0.29) is 22.8 Å². The first-order chi connectivity index (χ1) is 13.7. The van der Waals surface area contributed by atoms with Crippen molar-refractivity contribution >= 4 is 29.2 Å². The van der Waals surface area contributed by atoms with E-state index in [1.54, 1.807) is 19.9 Å². The van der Waals surface area contributed by atoms with Crippen LogP contribution in [0.15, 0.2) is 48.7 Å². The van der Waals surface area contributed by atoms with Crippen molar-refractivity contribution in [1.29, 1.82) is 0 Å². The molecule has 0 unspecified atom stereocenters. The number of nitrogens with zero attached hydrogens (tertiary/aromatic N) is 1. The topological polar surface area (TPSA) is 88.5 Å². The highest BCUT2D eigenvalue weighted by Crippen LogP contribution is 2.32. The van der Waals surface area contributed by atoms with Crippen LogP contribution in [-0.2, 0) is 0 Å². The smallest absolute Gasteiger partial charge is 0.354 e. The maximum atomic E-state index is 14.2. The number of anilines is 1. The highest BCUT2D eigenvalue weighted by atomic mass is 35.5. The Labute approximate surface area is 170 Å². The molecule has 0 bridgehead atoms. The maximum Gasteiger partial charge on any atom is 0.354 e. The molecule has 1 amide bonds. The van der Waals surface area contributed by atoms with E-state index in [4.69, 9.17) is 21.4 Å². The molecule has 0 aliphatic heterocycles. The van der Waals surface area contributed by atoms with Crippen molar-refractivity contribution in [3.63, 3.8) is 0 Å². The normalized spacial score (nSPS) is 10.5. The molecule has 0 aliphatic rings. The lowest BCUT2D eigenvalue weighted by Crippen LogP contribution is -2.14. The predicted octanol–water partition coefficient (Wildman–Crippen LogP) is 5.23. The van der Waals surface area contributed by atoms with Crippen molar-refractivity contribution in [3.05, 3.63) is 81.9 Å². The lowest BCUT2D eigenvalue weighted by atomic mass is 10.1. The summed E-state index contributed by atoms with van der Waals surface area (Å²) < 4.78 is 19.8. The van der Waals surface area contributed by atoms with E-state index in [1.807, 2.05) is 0 Å².